The van der Waals surface area contributed by atoms with Gasteiger partial charge in [-0.3, -0.25) is 0 Å². The van der Waals surface area contributed by atoms with Crippen molar-refractivity contribution in [1.29, 1.82) is 0 Å². The number of hydrogen-bond donors (Lipinski definition) is 2. The molecule has 2 atom stereocenters. The van der Waals surface area contributed by atoms with Crippen molar-refractivity contribution in [2.75, 3.05) is 20.9 Å². The molecule has 0 aliphatic rings. The Bertz CT molecular complexity index is 552. The lowest BCUT2D eigenvalue weighted by Gasteiger charge is -2.36. The Kier molecular flexibility index (Phi) is 5.41. The summed E-state index contributed by atoms with van der Waals surface area (Å²) in [5, 5.41) is 0. The van der Waals surface area contributed by atoms with Gasteiger partial charge < -0.3 is 20.9 Å². The molecule has 0 heterocycles. The van der Waals surface area contributed by atoms with Gasteiger partial charge in [0.25, 0.3) is 0 Å². The summed E-state index contributed by atoms with van der Waals surface area (Å²) in [5.41, 5.74) is 14.4. The highest BCUT2D eigenvalue weighted by molar-refractivity contribution is 7.37. The Labute approximate surface area is 133 Å². The van der Waals surface area contributed by atoms with Gasteiger partial charge in [0, 0.05) is 5.78 Å². The maximum absolute atomic E-state index is 6.78. The van der Waals surface area contributed by atoms with E-state index in [4.69, 9.17) is 20.9 Å². The zero-order valence-electron chi connectivity index (χ0n) is 13.2. The van der Waals surface area contributed by atoms with Gasteiger partial charge in [0.1, 0.15) is 11.5 Å². The minimum Gasteiger partial charge on any atom is -0.497 e. The molecular weight excluding hydrogens is 295 g/mol. The van der Waals surface area contributed by atoms with Crippen molar-refractivity contribution >= 4 is 8.58 Å². The zero-order valence-corrected chi connectivity index (χ0v) is 14.2. The lowest BCUT2D eigenvalue weighted by Crippen LogP contribution is -2.51. The molecule has 0 amide bonds. The first kappa shape index (κ1) is 16.8. The summed E-state index contributed by atoms with van der Waals surface area (Å²) in [6.07, 6.45) is 0. The largest absolute Gasteiger partial charge is 0.497 e. The van der Waals surface area contributed by atoms with E-state index < -0.39 is 5.54 Å². The first-order valence-electron chi connectivity index (χ1n) is 7.07. The average Bonchev–Trinajstić information content (AvgIpc) is 2.60. The molecule has 0 bridgehead atoms. The predicted octanol–water partition coefficient (Wildman–Crippen LogP) is 2.50. The summed E-state index contributed by atoms with van der Waals surface area (Å²) in [6, 6.07) is 15.5. The fraction of sp³-hybridized carbons (Fsp3) is 0.294. The first-order chi connectivity index (χ1) is 10.6. The quantitative estimate of drug-likeness (QED) is 0.803. The Morgan fingerprint density at radius 3 is 1.50 bits per heavy atom. The summed E-state index contributed by atoms with van der Waals surface area (Å²) >= 11 is 0. The molecular formula is C17H23N2O2P. The molecule has 0 spiro atoms. The van der Waals surface area contributed by atoms with Crippen molar-refractivity contribution in [3.8, 4) is 11.5 Å². The van der Waals surface area contributed by atoms with Gasteiger partial charge in [0.15, 0.2) is 0 Å². The van der Waals surface area contributed by atoms with E-state index in [0.717, 1.165) is 22.6 Å². The van der Waals surface area contributed by atoms with Crippen LogP contribution in [0.3, 0.4) is 0 Å². The number of ether oxygens (including phenoxy) is 2. The molecule has 2 unspecified atom stereocenters. The second-order valence-corrected chi connectivity index (χ2v) is 6.29. The normalized spacial score (nSPS) is 13.3. The van der Waals surface area contributed by atoms with Crippen LogP contribution in [0.4, 0.5) is 0 Å². The highest BCUT2D eigenvalue weighted by atomic mass is 31.1. The average molecular weight is 318 g/mol. The lowest BCUT2D eigenvalue weighted by molar-refractivity contribution is 0.413. The standard InChI is InChI=1S/C17H23N2O2P/c1-20-14-8-4-12(5-9-14)17(19,16(18)22-3)13-6-10-15(21-2)11-7-13/h4-11,16,22H,18-19H2,1-3H3. The summed E-state index contributed by atoms with van der Waals surface area (Å²) in [6.45, 7) is 2.07. The Hall–Kier alpha value is -1.61. The first-order valence-corrected chi connectivity index (χ1v) is 8.64. The van der Waals surface area contributed by atoms with Crippen molar-refractivity contribution < 1.29 is 9.47 Å². The maximum Gasteiger partial charge on any atom is 0.118 e. The van der Waals surface area contributed by atoms with Crippen LogP contribution in [0.1, 0.15) is 11.1 Å². The molecule has 5 heteroatoms. The van der Waals surface area contributed by atoms with Crippen LogP contribution in [0.25, 0.3) is 0 Å². The number of methoxy groups -OCH3 is 2. The van der Waals surface area contributed by atoms with Crippen molar-refractivity contribution in [3.05, 3.63) is 59.7 Å². The van der Waals surface area contributed by atoms with E-state index in [2.05, 4.69) is 6.66 Å². The molecule has 0 aromatic heterocycles. The third kappa shape index (κ3) is 3.09. The molecule has 0 fully saturated rings. The molecule has 4 N–H and O–H groups in total. The second kappa shape index (κ2) is 7.10. The van der Waals surface area contributed by atoms with Gasteiger partial charge >= 0.3 is 0 Å². The van der Waals surface area contributed by atoms with Gasteiger partial charge in [-0.15, -0.1) is 8.58 Å². The molecule has 4 nitrogen and oxygen atoms in total. The minimum atomic E-state index is -0.744. The number of nitrogens with two attached hydrogens (primary N) is 2. The van der Waals surface area contributed by atoms with Crippen LogP contribution in [0.15, 0.2) is 48.5 Å². The van der Waals surface area contributed by atoms with Gasteiger partial charge in [-0.05, 0) is 42.1 Å². The van der Waals surface area contributed by atoms with E-state index in [1.165, 1.54) is 0 Å². The summed E-state index contributed by atoms with van der Waals surface area (Å²) in [7, 11) is 3.81. The van der Waals surface area contributed by atoms with E-state index in [0.29, 0.717) is 8.58 Å². The molecule has 0 aliphatic carbocycles. The Morgan fingerprint density at radius 2 is 1.23 bits per heavy atom. The van der Waals surface area contributed by atoms with Crippen LogP contribution in [-0.2, 0) is 5.54 Å². The molecule has 2 aromatic rings. The molecule has 118 valence electrons. The summed E-state index contributed by atoms with van der Waals surface area (Å²) in [5.74, 6) is 1.43. The van der Waals surface area contributed by atoms with E-state index in [-0.39, 0.29) is 5.78 Å². The van der Waals surface area contributed by atoms with Gasteiger partial charge in [-0.2, -0.15) is 0 Å². The highest BCUT2D eigenvalue weighted by Gasteiger charge is 2.35. The van der Waals surface area contributed by atoms with Crippen LogP contribution < -0.4 is 20.9 Å². The van der Waals surface area contributed by atoms with Crippen LogP contribution in [-0.4, -0.2) is 26.7 Å². The molecule has 0 saturated heterocycles. The number of hydrogen-bond acceptors (Lipinski definition) is 4. The lowest BCUT2D eigenvalue weighted by atomic mass is 9.83. The maximum atomic E-state index is 6.78. The molecule has 0 saturated carbocycles. The molecule has 22 heavy (non-hydrogen) atoms. The zero-order chi connectivity index (χ0) is 16.2. The molecule has 2 aromatic carbocycles. The SMILES string of the molecule is COc1ccc(C(N)(c2ccc(OC)cc2)C(N)PC)cc1. The fourth-order valence-corrected chi connectivity index (χ4v) is 3.28. The second-order valence-electron chi connectivity index (χ2n) is 5.09. The Balaban J connectivity index is 2.50. The molecule has 2 rings (SSSR count). The van der Waals surface area contributed by atoms with Crippen molar-refractivity contribution in [1.82, 2.24) is 0 Å². The molecule has 0 radical (unpaired) electrons. The van der Waals surface area contributed by atoms with Gasteiger partial charge in [-0.25, -0.2) is 0 Å². The third-order valence-electron chi connectivity index (χ3n) is 3.94. The van der Waals surface area contributed by atoms with Gasteiger partial charge in [0.05, 0.1) is 19.8 Å². The van der Waals surface area contributed by atoms with E-state index >= 15 is 0 Å². The van der Waals surface area contributed by atoms with Crippen LogP contribution in [0.5, 0.6) is 11.5 Å². The Morgan fingerprint density at radius 1 is 0.864 bits per heavy atom. The van der Waals surface area contributed by atoms with Crippen LogP contribution in [0, 0.1) is 0 Å². The topological polar surface area (TPSA) is 70.5 Å². The van der Waals surface area contributed by atoms with Gasteiger partial charge in [-0.1, -0.05) is 24.3 Å². The third-order valence-corrected chi connectivity index (χ3v) is 5.01. The molecule has 0 aliphatic heterocycles. The number of rotatable bonds is 6. The van der Waals surface area contributed by atoms with Crippen LogP contribution >= 0.6 is 8.58 Å². The smallest absolute Gasteiger partial charge is 0.118 e. The predicted molar refractivity (Wildman–Crippen MR) is 93.2 cm³/mol. The highest BCUT2D eigenvalue weighted by Crippen LogP contribution is 2.37. The van der Waals surface area contributed by atoms with E-state index in [1.54, 1.807) is 14.2 Å². The monoisotopic (exact) mass is 318 g/mol. The van der Waals surface area contributed by atoms with E-state index in [1.807, 2.05) is 48.5 Å². The van der Waals surface area contributed by atoms with Crippen molar-refractivity contribution in [2.24, 2.45) is 11.5 Å². The summed E-state index contributed by atoms with van der Waals surface area (Å²) in [4.78, 5) is 0. The van der Waals surface area contributed by atoms with Crippen LogP contribution in [0.2, 0.25) is 0 Å². The van der Waals surface area contributed by atoms with Crippen molar-refractivity contribution in [3.63, 3.8) is 0 Å². The summed E-state index contributed by atoms with van der Waals surface area (Å²) < 4.78 is 10.4. The van der Waals surface area contributed by atoms with Gasteiger partial charge in [0.2, 0.25) is 0 Å². The minimum absolute atomic E-state index is 0.172. The van der Waals surface area contributed by atoms with E-state index in [9.17, 15) is 0 Å². The van der Waals surface area contributed by atoms with Crippen molar-refractivity contribution in [2.45, 2.75) is 11.3 Å². The number of benzene rings is 2. The fourth-order valence-electron chi connectivity index (χ4n) is 2.49.